The Morgan fingerprint density at radius 1 is 1.26 bits per heavy atom. The van der Waals surface area contributed by atoms with Crippen LogP contribution in [-0.4, -0.2) is 9.97 Å². The summed E-state index contributed by atoms with van der Waals surface area (Å²) < 4.78 is 0. The van der Waals surface area contributed by atoms with Gasteiger partial charge in [-0.25, -0.2) is 9.97 Å². The summed E-state index contributed by atoms with van der Waals surface area (Å²) in [6.07, 6.45) is 2.44. The molecule has 2 aromatic rings. The summed E-state index contributed by atoms with van der Waals surface area (Å²) in [5, 5.41) is 3.60. The van der Waals surface area contributed by atoms with Crippen molar-refractivity contribution in [3.8, 4) is 0 Å². The van der Waals surface area contributed by atoms with Crippen molar-refractivity contribution in [2.45, 2.75) is 26.3 Å². The molecule has 1 heterocycles. The highest BCUT2D eigenvalue weighted by Gasteiger charge is 2.11. The maximum Gasteiger partial charge on any atom is 0.150 e. The molecule has 0 fully saturated rings. The minimum atomic E-state index is 0.0951. The molecule has 0 aliphatic carbocycles. The van der Waals surface area contributed by atoms with E-state index in [1.807, 2.05) is 0 Å². The fraction of sp³-hybridized carbons (Fsp3) is 0.286. The van der Waals surface area contributed by atoms with Crippen molar-refractivity contribution in [1.82, 2.24) is 9.97 Å². The molecule has 1 aromatic carbocycles. The number of nitrogen functional groups attached to an aromatic ring is 1. The Hall–Kier alpha value is -1.81. The van der Waals surface area contributed by atoms with Gasteiger partial charge in [0.1, 0.15) is 17.2 Å². The number of nitrogens with one attached hydrogen (secondary N) is 1. The third-order valence-corrected chi connectivity index (χ3v) is 3.43. The van der Waals surface area contributed by atoms with Gasteiger partial charge in [0.25, 0.3) is 0 Å². The van der Waals surface area contributed by atoms with Crippen LogP contribution in [0, 0.1) is 0 Å². The minimum Gasteiger partial charge on any atom is -0.382 e. The van der Waals surface area contributed by atoms with Gasteiger partial charge in [0.2, 0.25) is 0 Å². The number of benzene rings is 1. The largest absolute Gasteiger partial charge is 0.382 e. The van der Waals surface area contributed by atoms with Crippen LogP contribution in [0.1, 0.15) is 31.0 Å². The van der Waals surface area contributed by atoms with E-state index in [4.69, 9.17) is 17.3 Å². The van der Waals surface area contributed by atoms with Gasteiger partial charge in [-0.1, -0.05) is 42.8 Å². The molecule has 3 N–H and O–H groups in total. The summed E-state index contributed by atoms with van der Waals surface area (Å²) in [5.41, 5.74) is 8.14. The molecule has 0 saturated heterocycles. The Morgan fingerprint density at radius 3 is 2.58 bits per heavy atom. The van der Waals surface area contributed by atoms with Crippen LogP contribution in [0.2, 0.25) is 5.02 Å². The molecule has 1 atom stereocenters. The molecule has 0 aliphatic heterocycles. The number of anilines is 2. The SMILES string of the molecule is CCc1ccc(C(C)Nc2ncnc(N)c2Cl)cc1. The number of nitrogens with zero attached hydrogens (tertiary/aromatic N) is 2. The van der Waals surface area contributed by atoms with E-state index in [0.29, 0.717) is 10.8 Å². The first-order valence-electron chi connectivity index (χ1n) is 6.23. The predicted molar refractivity (Wildman–Crippen MR) is 79.3 cm³/mol. The van der Waals surface area contributed by atoms with E-state index in [9.17, 15) is 0 Å². The first kappa shape index (κ1) is 13.6. The first-order chi connectivity index (χ1) is 9.11. The van der Waals surface area contributed by atoms with E-state index >= 15 is 0 Å². The number of nitrogens with two attached hydrogens (primary N) is 1. The smallest absolute Gasteiger partial charge is 0.150 e. The van der Waals surface area contributed by atoms with E-state index < -0.39 is 0 Å². The molecule has 0 aliphatic rings. The zero-order chi connectivity index (χ0) is 13.8. The quantitative estimate of drug-likeness (QED) is 0.898. The maximum absolute atomic E-state index is 6.06. The lowest BCUT2D eigenvalue weighted by molar-refractivity contribution is 0.870. The molecule has 100 valence electrons. The molecule has 4 nitrogen and oxygen atoms in total. The van der Waals surface area contributed by atoms with E-state index in [1.165, 1.54) is 17.5 Å². The van der Waals surface area contributed by atoms with Gasteiger partial charge in [-0.2, -0.15) is 0 Å². The summed E-state index contributed by atoms with van der Waals surface area (Å²) in [5.74, 6) is 0.842. The molecule has 1 unspecified atom stereocenters. The second-order valence-corrected chi connectivity index (χ2v) is 4.76. The normalized spacial score (nSPS) is 12.2. The van der Waals surface area contributed by atoms with Crippen LogP contribution in [0.4, 0.5) is 11.6 Å². The highest BCUT2D eigenvalue weighted by molar-refractivity contribution is 6.35. The van der Waals surface area contributed by atoms with E-state index in [0.717, 1.165) is 6.42 Å². The van der Waals surface area contributed by atoms with Crippen molar-refractivity contribution in [3.63, 3.8) is 0 Å². The lowest BCUT2D eigenvalue weighted by Crippen LogP contribution is -2.09. The topological polar surface area (TPSA) is 63.8 Å². The van der Waals surface area contributed by atoms with Crippen LogP contribution in [-0.2, 0) is 6.42 Å². The number of rotatable bonds is 4. The highest BCUT2D eigenvalue weighted by atomic mass is 35.5. The lowest BCUT2D eigenvalue weighted by atomic mass is 10.1. The second kappa shape index (κ2) is 5.89. The molecule has 1 aromatic heterocycles. The van der Waals surface area contributed by atoms with Crippen molar-refractivity contribution in [2.24, 2.45) is 0 Å². The molecule has 0 radical (unpaired) electrons. The Bertz CT molecular complexity index is 554. The predicted octanol–water partition coefficient (Wildman–Crippen LogP) is 3.45. The van der Waals surface area contributed by atoms with Crippen LogP contribution < -0.4 is 11.1 Å². The fourth-order valence-electron chi connectivity index (χ4n) is 1.81. The number of aryl methyl sites for hydroxylation is 1. The van der Waals surface area contributed by atoms with Gasteiger partial charge in [-0.05, 0) is 24.5 Å². The van der Waals surface area contributed by atoms with Crippen molar-refractivity contribution in [1.29, 1.82) is 0 Å². The standard InChI is InChI=1S/C14H17ClN4/c1-3-10-4-6-11(7-5-10)9(2)19-14-12(15)13(16)17-8-18-14/h4-9H,3H2,1-2H3,(H3,16,17,18,19). The summed E-state index contributed by atoms with van der Waals surface area (Å²) in [6, 6.07) is 8.56. The van der Waals surface area contributed by atoms with E-state index in [1.54, 1.807) is 0 Å². The molecule has 2 rings (SSSR count). The number of hydrogen-bond acceptors (Lipinski definition) is 4. The van der Waals surface area contributed by atoms with Crippen molar-refractivity contribution >= 4 is 23.2 Å². The summed E-state index contributed by atoms with van der Waals surface area (Å²) in [6.45, 7) is 4.19. The first-order valence-corrected chi connectivity index (χ1v) is 6.61. The Morgan fingerprint density at radius 2 is 1.95 bits per heavy atom. The zero-order valence-electron chi connectivity index (χ0n) is 11.0. The average Bonchev–Trinajstić information content (AvgIpc) is 2.44. The zero-order valence-corrected chi connectivity index (χ0v) is 11.8. The maximum atomic E-state index is 6.06. The molecule has 0 bridgehead atoms. The van der Waals surface area contributed by atoms with Crippen molar-refractivity contribution in [2.75, 3.05) is 11.1 Å². The van der Waals surface area contributed by atoms with Crippen molar-refractivity contribution < 1.29 is 0 Å². The number of hydrogen-bond donors (Lipinski definition) is 2. The molecular formula is C14H17ClN4. The van der Waals surface area contributed by atoms with Gasteiger partial charge in [-0.15, -0.1) is 0 Å². The van der Waals surface area contributed by atoms with Crippen LogP contribution in [0.15, 0.2) is 30.6 Å². The average molecular weight is 277 g/mol. The molecular weight excluding hydrogens is 260 g/mol. The van der Waals surface area contributed by atoms with Crippen LogP contribution in [0.25, 0.3) is 0 Å². The number of aromatic nitrogens is 2. The Labute approximate surface area is 118 Å². The monoisotopic (exact) mass is 276 g/mol. The van der Waals surface area contributed by atoms with Crippen LogP contribution in [0.3, 0.4) is 0 Å². The van der Waals surface area contributed by atoms with Gasteiger partial charge in [0.05, 0.1) is 0 Å². The molecule has 5 heteroatoms. The fourth-order valence-corrected chi connectivity index (χ4v) is 1.97. The third kappa shape index (κ3) is 3.15. The van der Waals surface area contributed by atoms with Crippen LogP contribution in [0.5, 0.6) is 0 Å². The Kier molecular flexibility index (Phi) is 4.22. The van der Waals surface area contributed by atoms with Gasteiger partial charge < -0.3 is 11.1 Å². The summed E-state index contributed by atoms with van der Waals surface area (Å²) in [4.78, 5) is 7.94. The highest BCUT2D eigenvalue weighted by Crippen LogP contribution is 2.27. The summed E-state index contributed by atoms with van der Waals surface area (Å²) >= 11 is 6.06. The van der Waals surface area contributed by atoms with Crippen LogP contribution >= 0.6 is 11.6 Å². The molecule has 0 amide bonds. The summed E-state index contributed by atoms with van der Waals surface area (Å²) in [7, 11) is 0. The van der Waals surface area contributed by atoms with Gasteiger partial charge >= 0.3 is 0 Å². The third-order valence-electron chi connectivity index (χ3n) is 3.06. The van der Waals surface area contributed by atoms with E-state index in [2.05, 4.69) is 53.4 Å². The second-order valence-electron chi connectivity index (χ2n) is 4.38. The molecule has 19 heavy (non-hydrogen) atoms. The molecule has 0 spiro atoms. The van der Waals surface area contributed by atoms with Gasteiger partial charge in [-0.3, -0.25) is 0 Å². The minimum absolute atomic E-state index is 0.0951. The Balaban J connectivity index is 2.15. The lowest BCUT2D eigenvalue weighted by Gasteiger charge is -2.16. The van der Waals surface area contributed by atoms with Gasteiger partial charge in [0, 0.05) is 6.04 Å². The van der Waals surface area contributed by atoms with Gasteiger partial charge in [0.15, 0.2) is 5.82 Å². The molecule has 0 saturated carbocycles. The number of halogens is 1. The van der Waals surface area contributed by atoms with Crippen molar-refractivity contribution in [3.05, 3.63) is 46.7 Å². The van der Waals surface area contributed by atoms with E-state index in [-0.39, 0.29) is 11.9 Å².